The molecule has 0 spiro atoms. The van der Waals surface area contributed by atoms with Crippen LogP contribution < -0.4 is 20.1 Å². The summed E-state index contributed by atoms with van der Waals surface area (Å²) in [4.78, 5) is 29.0. The summed E-state index contributed by atoms with van der Waals surface area (Å²) in [6.07, 6.45) is -3.75. The molecule has 0 saturated carbocycles. The summed E-state index contributed by atoms with van der Waals surface area (Å²) in [7, 11) is 0. The van der Waals surface area contributed by atoms with E-state index in [-0.39, 0.29) is 23.0 Å². The molecule has 2 amide bonds. The predicted octanol–water partition coefficient (Wildman–Crippen LogP) is 5.39. The maximum atomic E-state index is 14.1. The summed E-state index contributed by atoms with van der Waals surface area (Å²) in [6.45, 7) is 6.35. The number of aryl methyl sites for hydroxylation is 1. The second-order valence-corrected chi connectivity index (χ2v) is 8.65. The Morgan fingerprint density at radius 3 is 2.40 bits per heavy atom. The van der Waals surface area contributed by atoms with Crippen LogP contribution >= 0.6 is 0 Å². The number of pyridine rings is 1. The Morgan fingerprint density at radius 1 is 0.971 bits per heavy atom. The smallest absolute Gasteiger partial charge is 0.395 e. The number of alkyl halides is 2. The van der Waals surface area contributed by atoms with Crippen molar-refractivity contribution in [1.82, 2.24) is 4.98 Å². The number of nitrogens with zero attached hydrogens (tertiary/aromatic N) is 1. The number of nitrogens with one attached hydrogen (secondary N) is 2. The van der Waals surface area contributed by atoms with Gasteiger partial charge in [0.05, 0.1) is 16.8 Å². The van der Waals surface area contributed by atoms with Crippen molar-refractivity contribution in [2.75, 3.05) is 10.6 Å². The number of hydrogen-bond donors (Lipinski definition) is 2. The Morgan fingerprint density at radius 2 is 1.69 bits per heavy atom. The van der Waals surface area contributed by atoms with Gasteiger partial charge in [0.2, 0.25) is 11.8 Å². The van der Waals surface area contributed by atoms with Gasteiger partial charge in [0.15, 0.2) is 11.5 Å². The molecule has 0 fully saturated rings. The van der Waals surface area contributed by atoms with Gasteiger partial charge in [-0.15, -0.1) is 8.78 Å². The molecule has 2 N–H and O–H groups in total. The van der Waals surface area contributed by atoms with Gasteiger partial charge in [0.25, 0.3) is 0 Å². The Balaban J connectivity index is 1.59. The van der Waals surface area contributed by atoms with Crippen molar-refractivity contribution in [2.24, 2.45) is 0 Å². The summed E-state index contributed by atoms with van der Waals surface area (Å²) in [5.41, 5.74) is 1.09. The number of hydrogen-bond acceptors (Lipinski definition) is 5. The van der Waals surface area contributed by atoms with Crippen LogP contribution in [-0.2, 0) is 15.0 Å². The number of halogens is 3. The minimum Gasteiger partial charge on any atom is -0.395 e. The molecule has 0 bridgehead atoms. The quantitative estimate of drug-likeness (QED) is 0.506. The van der Waals surface area contributed by atoms with Crippen LogP contribution in [0.3, 0.4) is 0 Å². The van der Waals surface area contributed by atoms with Crippen LogP contribution in [0.2, 0.25) is 0 Å². The number of benzene rings is 2. The molecule has 1 aromatic heterocycles. The standard InChI is InChI=1S/C25H22F3N3O4/c1-13-5-10-21(30-22(13)15-6-8-17(26)18(11-15)29-14(2)32)31-23(33)24(3,4)16-7-9-19-20(12-16)35-25(27,28)34-19/h5-12H,1-4H3,(H,29,32)(H,30,31,33). The van der Waals surface area contributed by atoms with Crippen LogP contribution in [0.15, 0.2) is 48.5 Å². The number of amides is 2. The lowest BCUT2D eigenvalue weighted by Crippen LogP contribution is -2.35. The first kappa shape index (κ1) is 24.1. The molecule has 2 heterocycles. The SMILES string of the molecule is CC(=O)Nc1cc(-c2nc(NC(=O)C(C)(C)c3ccc4c(c3)OC(F)(F)O4)ccc2C)ccc1F. The van der Waals surface area contributed by atoms with E-state index in [2.05, 4.69) is 25.1 Å². The first-order valence-electron chi connectivity index (χ1n) is 10.6. The molecule has 10 heteroatoms. The summed E-state index contributed by atoms with van der Waals surface area (Å²) in [5.74, 6) is -1.48. The van der Waals surface area contributed by atoms with Gasteiger partial charge in [-0.25, -0.2) is 9.37 Å². The van der Waals surface area contributed by atoms with E-state index in [0.29, 0.717) is 16.8 Å². The third-order valence-corrected chi connectivity index (χ3v) is 5.58. The Labute approximate surface area is 199 Å². The molecule has 182 valence electrons. The molecule has 35 heavy (non-hydrogen) atoms. The fourth-order valence-electron chi connectivity index (χ4n) is 3.59. The summed E-state index contributed by atoms with van der Waals surface area (Å²) >= 11 is 0. The van der Waals surface area contributed by atoms with E-state index in [0.717, 1.165) is 5.56 Å². The fourth-order valence-corrected chi connectivity index (χ4v) is 3.59. The van der Waals surface area contributed by atoms with E-state index in [1.165, 1.54) is 43.3 Å². The lowest BCUT2D eigenvalue weighted by Gasteiger charge is -2.24. The van der Waals surface area contributed by atoms with E-state index in [1.807, 2.05) is 6.92 Å². The highest BCUT2D eigenvalue weighted by Crippen LogP contribution is 2.43. The number of anilines is 2. The summed E-state index contributed by atoms with van der Waals surface area (Å²) in [6, 6.07) is 11.7. The number of carbonyl (C=O) groups excluding carboxylic acids is 2. The largest absolute Gasteiger partial charge is 0.586 e. The van der Waals surface area contributed by atoms with Gasteiger partial charge in [0, 0.05) is 12.5 Å². The number of aromatic nitrogens is 1. The van der Waals surface area contributed by atoms with Crippen molar-refractivity contribution in [3.05, 3.63) is 65.5 Å². The zero-order chi connectivity index (χ0) is 25.5. The first-order chi connectivity index (χ1) is 16.4. The van der Waals surface area contributed by atoms with Gasteiger partial charge < -0.3 is 20.1 Å². The van der Waals surface area contributed by atoms with Crippen LogP contribution in [0, 0.1) is 12.7 Å². The molecule has 1 aliphatic heterocycles. The molecule has 1 aliphatic rings. The monoisotopic (exact) mass is 485 g/mol. The molecule has 2 aromatic carbocycles. The number of ether oxygens (including phenoxy) is 2. The van der Waals surface area contributed by atoms with Gasteiger partial charge in [0.1, 0.15) is 11.6 Å². The zero-order valence-corrected chi connectivity index (χ0v) is 19.3. The third-order valence-electron chi connectivity index (χ3n) is 5.58. The third kappa shape index (κ3) is 4.91. The molecular formula is C25H22F3N3O4. The number of rotatable bonds is 5. The fraction of sp³-hybridized carbons (Fsp3) is 0.240. The van der Waals surface area contributed by atoms with E-state index >= 15 is 0 Å². The summed E-state index contributed by atoms with van der Waals surface area (Å²) < 4.78 is 49.7. The van der Waals surface area contributed by atoms with Gasteiger partial charge in [-0.1, -0.05) is 12.1 Å². The molecule has 0 radical (unpaired) electrons. The Bertz CT molecular complexity index is 1340. The van der Waals surface area contributed by atoms with Crippen LogP contribution in [0.4, 0.5) is 24.7 Å². The first-order valence-corrected chi connectivity index (χ1v) is 10.6. The summed E-state index contributed by atoms with van der Waals surface area (Å²) in [5, 5.41) is 5.18. The second kappa shape index (κ2) is 8.61. The highest BCUT2D eigenvalue weighted by atomic mass is 19.3. The topological polar surface area (TPSA) is 89.6 Å². The molecule has 7 nitrogen and oxygen atoms in total. The molecule has 0 aliphatic carbocycles. The highest BCUT2D eigenvalue weighted by molar-refractivity contribution is 5.98. The van der Waals surface area contributed by atoms with Crippen molar-refractivity contribution in [1.29, 1.82) is 0 Å². The molecule has 0 atom stereocenters. The van der Waals surface area contributed by atoms with Gasteiger partial charge in [-0.05, 0) is 68.3 Å². The minimum atomic E-state index is -3.75. The maximum Gasteiger partial charge on any atom is 0.586 e. The van der Waals surface area contributed by atoms with E-state index in [4.69, 9.17) is 0 Å². The van der Waals surface area contributed by atoms with E-state index in [9.17, 15) is 22.8 Å². The van der Waals surface area contributed by atoms with Gasteiger partial charge in [-0.2, -0.15) is 0 Å². The van der Waals surface area contributed by atoms with Crippen molar-refractivity contribution in [3.63, 3.8) is 0 Å². The lowest BCUT2D eigenvalue weighted by molar-refractivity contribution is -0.286. The molecule has 0 unspecified atom stereocenters. The molecule has 3 aromatic rings. The minimum absolute atomic E-state index is 0.0140. The Hall–Kier alpha value is -4.08. The Kier molecular flexibility index (Phi) is 5.92. The van der Waals surface area contributed by atoms with E-state index in [1.54, 1.807) is 26.0 Å². The predicted molar refractivity (Wildman–Crippen MR) is 123 cm³/mol. The van der Waals surface area contributed by atoms with Crippen LogP contribution in [0.25, 0.3) is 11.3 Å². The maximum absolute atomic E-state index is 14.1. The van der Waals surface area contributed by atoms with Gasteiger partial charge >= 0.3 is 6.29 Å². The normalized spacial score (nSPS) is 13.9. The van der Waals surface area contributed by atoms with Crippen molar-refractivity contribution in [2.45, 2.75) is 39.4 Å². The average Bonchev–Trinajstić information content (AvgIpc) is 3.09. The molecule has 0 saturated heterocycles. The molecule has 4 rings (SSSR count). The zero-order valence-electron chi connectivity index (χ0n) is 19.3. The van der Waals surface area contributed by atoms with Crippen molar-refractivity contribution in [3.8, 4) is 22.8 Å². The van der Waals surface area contributed by atoms with E-state index < -0.39 is 29.3 Å². The lowest BCUT2D eigenvalue weighted by atomic mass is 9.83. The van der Waals surface area contributed by atoms with Crippen molar-refractivity contribution < 1.29 is 32.2 Å². The second-order valence-electron chi connectivity index (χ2n) is 8.65. The highest BCUT2D eigenvalue weighted by Gasteiger charge is 2.44. The van der Waals surface area contributed by atoms with Gasteiger partial charge in [-0.3, -0.25) is 9.59 Å². The molecular weight excluding hydrogens is 463 g/mol. The number of carbonyl (C=O) groups is 2. The van der Waals surface area contributed by atoms with Crippen LogP contribution in [0.5, 0.6) is 11.5 Å². The average molecular weight is 485 g/mol. The number of fused-ring (bicyclic) bond motifs is 1. The van der Waals surface area contributed by atoms with Crippen molar-refractivity contribution >= 4 is 23.3 Å². The van der Waals surface area contributed by atoms with Crippen LogP contribution in [0.1, 0.15) is 31.9 Å². The van der Waals surface area contributed by atoms with Crippen LogP contribution in [-0.4, -0.2) is 23.1 Å².